The summed E-state index contributed by atoms with van der Waals surface area (Å²) in [4.78, 5) is 15.6. The first kappa shape index (κ1) is 30.4. The van der Waals surface area contributed by atoms with Crippen molar-refractivity contribution in [2.24, 2.45) is 0 Å². The number of ether oxygens (including phenoxy) is 1. The second-order valence-corrected chi connectivity index (χ2v) is 19.2. The van der Waals surface area contributed by atoms with Crippen LogP contribution in [-0.4, -0.2) is 42.1 Å². The highest BCUT2D eigenvalue weighted by Gasteiger charge is 2.42. The van der Waals surface area contributed by atoms with E-state index in [1.54, 1.807) is 7.11 Å². The van der Waals surface area contributed by atoms with Crippen molar-refractivity contribution in [3.8, 4) is 5.75 Å². The van der Waals surface area contributed by atoms with E-state index < -0.39 is 8.32 Å². The molecule has 2 aromatic carbocycles. The fraction of sp³-hybridized carbons (Fsp3) is 0.529. The van der Waals surface area contributed by atoms with Crippen LogP contribution in [0.2, 0.25) is 18.1 Å². The summed E-state index contributed by atoms with van der Waals surface area (Å²) in [7, 11) is -0.167. The van der Waals surface area contributed by atoms with E-state index in [-0.39, 0.29) is 28.8 Å². The fourth-order valence-corrected chi connectivity index (χ4v) is 7.28. The molecule has 1 aliphatic heterocycles. The second kappa shape index (κ2) is 11.2. The van der Waals surface area contributed by atoms with Gasteiger partial charge in [-0.15, -0.1) is 0 Å². The van der Waals surface area contributed by atoms with Crippen LogP contribution in [0.5, 0.6) is 5.75 Å². The van der Waals surface area contributed by atoms with Gasteiger partial charge in [0.15, 0.2) is 8.32 Å². The van der Waals surface area contributed by atoms with E-state index in [1.807, 2.05) is 47.4 Å². The van der Waals surface area contributed by atoms with Gasteiger partial charge < -0.3 is 19.4 Å². The van der Waals surface area contributed by atoms with E-state index in [9.17, 15) is 4.79 Å². The molecular formula is C34H48N4O3Si. The van der Waals surface area contributed by atoms with E-state index in [1.165, 1.54) is 0 Å². The third-order valence-electron chi connectivity index (χ3n) is 9.29. The van der Waals surface area contributed by atoms with Gasteiger partial charge in [0.2, 0.25) is 0 Å². The number of carbonyl (C=O) groups excluding carboxylic acids is 1. The Bertz CT molecular complexity index is 1420. The highest BCUT2D eigenvalue weighted by Crippen LogP contribution is 2.44. The van der Waals surface area contributed by atoms with Crippen molar-refractivity contribution < 1.29 is 14.0 Å². The average molecular weight is 589 g/mol. The van der Waals surface area contributed by atoms with E-state index >= 15 is 0 Å². The number of hydrogen-bond donors (Lipinski definition) is 1. The number of benzene rings is 2. The SMILES string of the molecule is COc1ccc(CN2C(=O)c3ccccc3C2Nc2cc([C@H]3CC[C@@H](O[Si](C)(C)C(C)(C)C)C3)nn2C(C)(C)C)cc1. The van der Waals surface area contributed by atoms with Crippen LogP contribution >= 0.6 is 0 Å². The van der Waals surface area contributed by atoms with E-state index in [0.29, 0.717) is 12.5 Å². The zero-order valence-electron chi connectivity index (χ0n) is 26.8. The van der Waals surface area contributed by atoms with Crippen molar-refractivity contribution in [1.29, 1.82) is 0 Å². The van der Waals surface area contributed by atoms with Gasteiger partial charge in [0.05, 0.1) is 18.3 Å². The van der Waals surface area contributed by atoms with Gasteiger partial charge in [0, 0.05) is 35.8 Å². The molecule has 3 aromatic rings. The molecule has 1 fully saturated rings. The van der Waals surface area contributed by atoms with Crippen LogP contribution in [0.25, 0.3) is 0 Å². The Morgan fingerprint density at radius 1 is 1.00 bits per heavy atom. The summed E-state index contributed by atoms with van der Waals surface area (Å²) in [6, 6.07) is 18.0. The molecule has 1 aliphatic carbocycles. The number of fused-ring (bicyclic) bond motifs is 1. The molecule has 0 spiro atoms. The molecule has 42 heavy (non-hydrogen) atoms. The van der Waals surface area contributed by atoms with Gasteiger partial charge in [0.1, 0.15) is 17.7 Å². The number of nitrogens with zero attached hydrogens (tertiary/aromatic N) is 3. The summed E-state index contributed by atoms with van der Waals surface area (Å²) < 4.78 is 14.2. The molecule has 5 rings (SSSR count). The van der Waals surface area contributed by atoms with Crippen LogP contribution in [0.1, 0.15) is 100 Å². The topological polar surface area (TPSA) is 68.6 Å². The largest absolute Gasteiger partial charge is 0.497 e. The highest BCUT2D eigenvalue weighted by molar-refractivity contribution is 6.74. The molecule has 1 N–H and O–H groups in total. The minimum absolute atomic E-state index is 0.0300. The van der Waals surface area contributed by atoms with Crippen molar-refractivity contribution in [1.82, 2.24) is 14.7 Å². The minimum atomic E-state index is -1.83. The first-order valence-electron chi connectivity index (χ1n) is 15.3. The van der Waals surface area contributed by atoms with Crippen molar-refractivity contribution in [3.05, 3.63) is 77.0 Å². The molecule has 1 saturated carbocycles. The van der Waals surface area contributed by atoms with Crippen LogP contribution in [0.3, 0.4) is 0 Å². The Kier molecular flexibility index (Phi) is 8.09. The maximum atomic E-state index is 13.7. The summed E-state index contributed by atoms with van der Waals surface area (Å²) in [5.41, 5.74) is 3.65. The van der Waals surface area contributed by atoms with Gasteiger partial charge in [-0.25, -0.2) is 4.68 Å². The van der Waals surface area contributed by atoms with Crippen LogP contribution in [0.15, 0.2) is 54.6 Å². The number of rotatable bonds is 8. The lowest BCUT2D eigenvalue weighted by atomic mass is 10.0. The van der Waals surface area contributed by atoms with Crippen molar-refractivity contribution >= 4 is 20.0 Å². The summed E-state index contributed by atoms with van der Waals surface area (Å²) in [5, 5.41) is 9.14. The first-order chi connectivity index (χ1) is 19.7. The molecule has 1 aromatic heterocycles. The first-order valence-corrected chi connectivity index (χ1v) is 18.2. The van der Waals surface area contributed by atoms with Gasteiger partial charge in [-0.1, -0.05) is 51.1 Å². The predicted octanol–water partition coefficient (Wildman–Crippen LogP) is 8.07. The lowest BCUT2D eigenvalue weighted by Gasteiger charge is -2.38. The van der Waals surface area contributed by atoms with Crippen LogP contribution in [0, 0.1) is 0 Å². The number of carbonyl (C=O) groups is 1. The number of amides is 1. The Morgan fingerprint density at radius 3 is 2.33 bits per heavy atom. The smallest absolute Gasteiger partial charge is 0.256 e. The normalized spacial score (nSPS) is 21.1. The quantitative estimate of drug-likeness (QED) is 0.270. The summed E-state index contributed by atoms with van der Waals surface area (Å²) in [6.45, 7) is 18.6. The van der Waals surface area contributed by atoms with Crippen molar-refractivity contribution in [2.45, 2.75) is 109 Å². The Labute approximate surface area is 252 Å². The standard InChI is InChI=1S/C34H48N4O3Si/c1-33(2,3)38-30(21-29(36-38)24-16-19-26(20-24)41-42(8,9)34(4,5)6)35-31-27-12-10-11-13-28(27)32(39)37(31)22-23-14-17-25(40-7)18-15-23/h10-15,17-18,21,24,26,31,35H,16,19-20,22H2,1-9H3/t24-,26+,31?/m0/s1. The molecule has 0 saturated heterocycles. The molecule has 8 heteroatoms. The molecule has 0 radical (unpaired) electrons. The molecule has 3 atom stereocenters. The maximum Gasteiger partial charge on any atom is 0.256 e. The predicted molar refractivity (Wildman–Crippen MR) is 172 cm³/mol. The van der Waals surface area contributed by atoms with Crippen LogP contribution < -0.4 is 10.1 Å². The fourth-order valence-electron chi connectivity index (χ4n) is 5.88. The third-order valence-corrected chi connectivity index (χ3v) is 13.8. The second-order valence-electron chi connectivity index (χ2n) is 14.5. The number of aromatic nitrogens is 2. The van der Waals surface area contributed by atoms with Gasteiger partial charge >= 0.3 is 0 Å². The van der Waals surface area contributed by atoms with Gasteiger partial charge in [-0.05, 0) is 81.9 Å². The number of hydrogen-bond acceptors (Lipinski definition) is 5. The average Bonchev–Trinajstić information content (AvgIpc) is 3.62. The van der Waals surface area contributed by atoms with Crippen molar-refractivity contribution in [3.63, 3.8) is 0 Å². The zero-order chi connectivity index (χ0) is 30.4. The number of nitrogens with one attached hydrogen (secondary N) is 1. The third kappa shape index (κ3) is 6.02. The van der Waals surface area contributed by atoms with Crippen molar-refractivity contribution in [2.75, 3.05) is 12.4 Å². The zero-order valence-corrected chi connectivity index (χ0v) is 27.8. The molecule has 1 amide bonds. The lowest BCUT2D eigenvalue weighted by Crippen LogP contribution is -2.43. The molecule has 226 valence electrons. The molecule has 0 bridgehead atoms. The summed E-state index contributed by atoms with van der Waals surface area (Å²) >= 11 is 0. The summed E-state index contributed by atoms with van der Waals surface area (Å²) in [5.74, 6) is 2.12. The monoisotopic (exact) mass is 588 g/mol. The Hall–Kier alpha value is -3.10. The Morgan fingerprint density at radius 2 is 1.69 bits per heavy atom. The van der Waals surface area contributed by atoms with Crippen LogP contribution in [-0.2, 0) is 16.5 Å². The number of anilines is 1. The van der Waals surface area contributed by atoms with Gasteiger partial charge in [-0.2, -0.15) is 5.10 Å². The lowest BCUT2D eigenvalue weighted by molar-refractivity contribution is 0.0728. The maximum absolute atomic E-state index is 13.7. The van der Waals surface area contributed by atoms with Gasteiger partial charge in [-0.3, -0.25) is 4.79 Å². The Balaban J connectivity index is 1.42. The van der Waals surface area contributed by atoms with Gasteiger partial charge in [0.25, 0.3) is 5.91 Å². The molecule has 2 heterocycles. The molecule has 7 nitrogen and oxygen atoms in total. The highest BCUT2D eigenvalue weighted by atomic mass is 28.4. The summed E-state index contributed by atoms with van der Waals surface area (Å²) in [6.07, 6.45) is 3.13. The molecular weight excluding hydrogens is 540 g/mol. The minimum Gasteiger partial charge on any atom is -0.497 e. The van der Waals surface area contributed by atoms with Crippen LogP contribution in [0.4, 0.5) is 5.82 Å². The van der Waals surface area contributed by atoms with E-state index in [2.05, 4.69) is 76.8 Å². The molecule has 2 aliphatic rings. The molecule has 1 unspecified atom stereocenters. The number of methoxy groups -OCH3 is 1. The van der Waals surface area contributed by atoms with E-state index in [4.69, 9.17) is 14.3 Å². The van der Waals surface area contributed by atoms with E-state index in [0.717, 1.165) is 53.2 Å².